The van der Waals surface area contributed by atoms with Crippen LogP contribution in [0.2, 0.25) is 0 Å². The summed E-state index contributed by atoms with van der Waals surface area (Å²) in [4.78, 5) is 0. The third kappa shape index (κ3) is 4.14. The summed E-state index contributed by atoms with van der Waals surface area (Å²) in [6.45, 7) is 0. The Morgan fingerprint density at radius 1 is 0.396 bits per heavy atom. The topological polar surface area (TPSA) is 57.4 Å². The zero-order valence-corrected chi connectivity index (χ0v) is 25.8. The molecule has 0 bridgehead atoms. The molecule has 0 aliphatic rings. The number of fused-ring (bicyclic) bond motifs is 6. The normalized spacial score (nSPS) is 11.3. The second-order valence-corrected chi connectivity index (χ2v) is 12.0. The fourth-order valence-electron chi connectivity index (χ4n) is 7.28. The third-order valence-corrected chi connectivity index (χ3v) is 9.40. The smallest absolute Gasteiger partial charge is 0.0998 e. The van der Waals surface area contributed by atoms with Crippen LogP contribution in [0.1, 0.15) is 11.1 Å². The Labute approximate surface area is 277 Å². The van der Waals surface area contributed by atoms with Gasteiger partial charge >= 0.3 is 0 Å². The molecule has 2 aromatic heterocycles. The molecule has 0 fully saturated rings. The molecule has 0 aliphatic heterocycles. The number of nitriles is 2. The van der Waals surface area contributed by atoms with Gasteiger partial charge in [-0.05, 0) is 77.4 Å². The van der Waals surface area contributed by atoms with Crippen LogP contribution in [0.4, 0.5) is 0 Å². The number of hydrogen-bond donors (Lipinski definition) is 0. The minimum atomic E-state index is 0.630. The van der Waals surface area contributed by atoms with E-state index in [0.717, 1.165) is 66.5 Å². The van der Waals surface area contributed by atoms with Gasteiger partial charge in [-0.15, -0.1) is 0 Å². The molecule has 2 heterocycles. The largest absolute Gasteiger partial charge is 0.309 e. The van der Waals surface area contributed by atoms with Gasteiger partial charge in [0.15, 0.2) is 0 Å². The Kier molecular flexibility index (Phi) is 6.22. The monoisotopic (exact) mass is 610 g/mol. The van der Waals surface area contributed by atoms with Crippen LogP contribution in [0.15, 0.2) is 158 Å². The molecule has 0 unspecified atom stereocenters. The maximum absolute atomic E-state index is 10.3. The van der Waals surface area contributed by atoms with Crippen molar-refractivity contribution in [3.63, 3.8) is 0 Å². The van der Waals surface area contributed by atoms with E-state index in [4.69, 9.17) is 0 Å². The van der Waals surface area contributed by atoms with E-state index in [-0.39, 0.29) is 0 Å². The van der Waals surface area contributed by atoms with Crippen molar-refractivity contribution in [2.75, 3.05) is 0 Å². The van der Waals surface area contributed by atoms with Crippen molar-refractivity contribution in [1.82, 2.24) is 9.13 Å². The Morgan fingerprint density at radius 2 is 0.979 bits per heavy atom. The fraction of sp³-hybridized carbons (Fsp3) is 0. The lowest BCUT2D eigenvalue weighted by Crippen LogP contribution is -1.99. The predicted molar refractivity (Wildman–Crippen MR) is 195 cm³/mol. The van der Waals surface area contributed by atoms with E-state index in [2.05, 4.69) is 149 Å². The molecule has 9 rings (SSSR count). The highest BCUT2D eigenvalue weighted by Gasteiger charge is 2.18. The first-order chi connectivity index (χ1) is 23.7. The quantitative estimate of drug-likeness (QED) is 0.199. The van der Waals surface area contributed by atoms with Crippen molar-refractivity contribution in [3.8, 4) is 45.8 Å². The van der Waals surface area contributed by atoms with Crippen molar-refractivity contribution < 1.29 is 0 Å². The van der Waals surface area contributed by atoms with Gasteiger partial charge < -0.3 is 9.13 Å². The van der Waals surface area contributed by atoms with Crippen LogP contribution in [-0.4, -0.2) is 9.13 Å². The fourth-order valence-corrected chi connectivity index (χ4v) is 7.28. The van der Waals surface area contributed by atoms with Gasteiger partial charge in [0.25, 0.3) is 0 Å². The van der Waals surface area contributed by atoms with Crippen molar-refractivity contribution in [1.29, 1.82) is 10.5 Å². The van der Waals surface area contributed by atoms with Crippen LogP contribution in [0, 0.1) is 22.7 Å². The summed E-state index contributed by atoms with van der Waals surface area (Å²) in [5, 5.41) is 24.6. The van der Waals surface area contributed by atoms with Gasteiger partial charge in [0.2, 0.25) is 0 Å². The van der Waals surface area contributed by atoms with Crippen molar-refractivity contribution >= 4 is 43.6 Å². The van der Waals surface area contributed by atoms with Gasteiger partial charge in [-0.25, -0.2) is 0 Å². The molecule has 7 aromatic carbocycles. The summed E-state index contributed by atoms with van der Waals surface area (Å²) in [5.41, 5.74) is 11.6. The zero-order valence-electron chi connectivity index (χ0n) is 25.8. The highest BCUT2D eigenvalue weighted by atomic mass is 15.0. The molecule has 0 radical (unpaired) electrons. The maximum Gasteiger partial charge on any atom is 0.0998 e. The standard InChI is InChI=1S/C44H26N4/c45-27-29-19-24-38-37-14-1-4-15-39(37)47(43(38)25-29)34-22-20-30(21-23-34)31-9-7-10-32(26-31)44-33(28-46)11-8-18-42(44)48-40-16-5-2-12-35(40)36-13-3-6-17-41(36)48/h1-26H. The molecular formula is C44H26N4. The Morgan fingerprint density at radius 3 is 1.62 bits per heavy atom. The Bertz CT molecular complexity index is 2750. The van der Waals surface area contributed by atoms with E-state index in [1.165, 1.54) is 10.8 Å². The van der Waals surface area contributed by atoms with E-state index in [1.54, 1.807) is 0 Å². The first-order valence-electron chi connectivity index (χ1n) is 15.9. The summed E-state index contributed by atoms with van der Waals surface area (Å²) in [5.74, 6) is 0. The van der Waals surface area contributed by atoms with Crippen LogP contribution in [-0.2, 0) is 0 Å². The molecule has 4 nitrogen and oxygen atoms in total. The molecule has 48 heavy (non-hydrogen) atoms. The number of hydrogen-bond acceptors (Lipinski definition) is 2. The molecule has 0 saturated heterocycles. The van der Waals surface area contributed by atoms with Crippen molar-refractivity contribution in [2.45, 2.75) is 0 Å². The number of aromatic nitrogens is 2. The average Bonchev–Trinajstić information content (AvgIpc) is 3.67. The number of nitrogens with zero attached hydrogens (tertiary/aromatic N) is 4. The van der Waals surface area contributed by atoms with Gasteiger partial charge in [-0.3, -0.25) is 0 Å². The highest BCUT2D eigenvalue weighted by molar-refractivity contribution is 6.10. The van der Waals surface area contributed by atoms with Crippen LogP contribution in [0.5, 0.6) is 0 Å². The average molecular weight is 611 g/mol. The first-order valence-corrected chi connectivity index (χ1v) is 15.9. The van der Waals surface area contributed by atoms with Crippen LogP contribution in [0.25, 0.3) is 77.2 Å². The second kappa shape index (κ2) is 10.9. The summed E-state index contributed by atoms with van der Waals surface area (Å²) in [6, 6.07) is 58.9. The van der Waals surface area contributed by atoms with E-state index in [1.807, 2.05) is 30.3 Å². The van der Waals surface area contributed by atoms with Gasteiger partial charge in [0.1, 0.15) is 0 Å². The Hall–Kier alpha value is -6.88. The molecule has 0 saturated carbocycles. The lowest BCUT2D eigenvalue weighted by atomic mass is 9.94. The molecule has 0 amide bonds. The molecule has 4 heteroatoms. The molecule has 9 aromatic rings. The summed E-state index contributed by atoms with van der Waals surface area (Å²) in [6.07, 6.45) is 0. The van der Waals surface area contributed by atoms with Crippen LogP contribution < -0.4 is 0 Å². The lowest BCUT2D eigenvalue weighted by Gasteiger charge is -2.16. The lowest BCUT2D eigenvalue weighted by molar-refractivity contribution is 1.18. The van der Waals surface area contributed by atoms with Crippen LogP contribution in [0.3, 0.4) is 0 Å². The second-order valence-electron chi connectivity index (χ2n) is 12.0. The van der Waals surface area contributed by atoms with Gasteiger partial charge in [0, 0.05) is 32.8 Å². The van der Waals surface area contributed by atoms with E-state index in [9.17, 15) is 10.5 Å². The molecular weight excluding hydrogens is 585 g/mol. The molecule has 0 spiro atoms. The zero-order chi connectivity index (χ0) is 32.2. The molecule has 0 N–H and O–H groups in total. The summed E-state index contributed by atoms with van der Waals surface area (Å²) < 4.78 is 4.51. The van der Waals surface area contributed by atoms with E-state index >= 15 is 0 Å². The highest BCUT2D eigenvalue weighted by Crippen LogP contribution is 2.39. The first kappa shape index (κ1) is 27.4. The molecule has 0 atom stereocenters. The minimum Gasteiger partial charge on any atom is -0.309 e. The number of benzene rings is 7. The van der Waals surface area contributed by atoms with Gasteiger partial charge in [0.05, 0.1) is 51.0 Å². The van der Waals surface area contributed by atoms with Gasteiger partial charge in [-0.1, -0.05) is 97.1 Å². The van der Waals surface area contributed by atoms with E-state index in [0.29, 0.717) is 11.1 Å². The maximum atomic E-state index is 10.3. The van der Waals surface area contributed by atoms with Crippen molar-refractivity contribution in [3.05, 3.63) is 169 Å². The predicted octanol–water partition coefficient (Wildman–Crippen LogP) is 11.0. The SMILES string of the molecule is N#Cc1ccc2c3ccccc3n(-c3ccc(-c4cccc(-c5c(C#N)cccc5-n5c6ccccc6c6ccccc65)c4)cc3)c2c1. The third-order valence-electron chi connectivity index (χ3n) is 9.40. The van der Waals surface area contributed by atoms with Crippen LogP contribution >= 0.6 is 0 Å². The summed E-state index contributed by atoms with van der Waals surface area (Å²) >= 11 is 0. The molecule has 222 valence electrons. The molecule has 0 aliphatic carbocycles. The number of rotatable bonds is 4. The minimum absolute atomic E-state index is 0.630. The Balaban J connectivity index is 1.18. The van der Waals surface area contributed by atoms with E-state index < -0.39 is 0 Å². The van der Waals surface area contributed by atoms with Gasteiger partial charge in [-0.2, -0.15) is 10.5 Å². The summed E-state index contributed by atoms with van der Waals surface area (Å²) in [7, 11) is 0. The van der Waals surface area contributed by atoms with Crippen molar-refractivity contribution in [2.24, 2.45) is 0 Å². The number of para-hydroxylation sites is 3.